The van der Waals surface area contributed by atoms with Crippen molar-refractivity contribution in [2.45, 2.75) is 0 Å². The third-order valence-electron chi connectivity index (χ3n) is 2.03. The predicted molar refractivity (Wildman–Crippen MR) is 55.0 cm³/mol. The Labute approximate surface area is 81.6 Å². The quantitative estimate of drug-likeness (QED) is 0.651. The molecule has 0 unspecified atom stereocenters. The number of fused-ring (bicyclic) bond motifs is 1. The van der Waals surface area contributed by atoms with Crippen molar-refractivity contribution in [2.75, 3.05) is 11.5 Å². The lowest BCUT2D eigenvalue weighted by Gasteiger charge is -2.03. The van der Waals surface area contributed by atoms with Crippen molar-refractivity contribution < 1.29 is 0 Å². The number of hydrogen-bond donors (Lipinski definition) is 0. The summed E-state index contributed by atoms with van der Waals surface area (Å²) in [5, 5.41) is 5.37. The Balaban J connectivity index is 2.78. The molecule has 0 fully saturated rings. The number of para-hydroxylation sites is 1. The van der Waals surface area contributed by atoms with E-state index in [-0.39, 0.29) is 0 Å². The molecule has 0 atom stereocenters. The van der Waals surface area contributed by atoms with Crippen molar-refractivity contribution in [3.05, 3.63) is 24.3 Å². The minimum atomic E-state index is 0.791. The van der Waals surface area contributed by atoms with Crippen LogP contribution < -0.4 is 4.42 Å². The molecule has 13 heavy (non-hydrogen) atoms. The molecule has 4 heteroatoms. The molecule has 0 N–H and O–H groups in total. The molecule has 1 aromatic heterocycles. The van der Waals surface area contributed by atoms with Gasteiger partial charge in [-0.1, -0.05) is 12.1 Å². The number of anilines is 1. The minimum absolute atomic E-state index is 0.791. The first kappa shape index (κ1) is 8.38. The van der Waals surface area contributed by atoms with Gasteiger partial charge in [-0.05, 0) is 12.1 Å². The Morgan fingerprint density at radius 2 is 2.08 bits per heavy atom. The Morgan fingerprint density at radius 3 is 2.77 bits per heavy atom. The minimum Gasteiger partial charge on any atom is -0.270 e. The molecule has 0 aliphatic rings. The van der Waals surface area contributed by atoms with Crippen LogP contribution in [0.15, 0.2) is 24.3 Å². The summed E-state index contributed by atoms with van der Waals surface area (Å²) >= 11 is 5.85. The van der Waals surface area contributed by atoms with E-state index in [1.54, 1.807) is 7.05 Å². The Morgan fingerprint density at radius 1 is 1.38 bits per heavy atom. The van der Waals surface area contributed by atoms with Gasteiger partial charge in [0, 0.05) is 31.3 Å². The van der Waals surface area contributed by atoms with Gasteiger partial charge in [-0.15, -0.1) is 0 Å². The number of aryl methyl sites for hydroxylation is 1. The third-order valence-corrected chi connectivity index (χ3v) is 2.19. The zero-order chi connectivity index (χ0) is 9.42. The topological polar surface area (TPSA) is 21.1 Å². The van der Waals surface area contributed by atoms with Gasteiger partial charge >= 0.3 is 0 Å². The lowest BCUT2D eigenvalue weighted by atomic mass is 10.2. The second-order valence-corrected chi connectivity index (χ2v) is 3.45. The number of halogens is 1. The fraction of sp³-hybridized carbons (Fsp3) is 0.222. The average Bonchev–Trinajstić information content (AvgIpc) is 2.45. The fourth-order valence-electron chi connectivity index (χ4n) is 1.42. The fourth-order valence-corrected chi connectivity index (χ4v) is 1.55. The summed E-state index contributed by atoms with van der Waals surface area (Å²) in [6.07, 6.45) is 0. The molecule has 2 aromatic rings. The van der Waals surface area contributed by atoms with Crippen molar-refractivity contribution in [1.29, 1.82) is 0 Å². The first-order valence-corrected chi connectivity index (χ1v) is 4.35. The SMILES string of the molecule is CN(Cl)c1nn(C)c2ccccc12. The van der Waals surface area contributed by atoms with Gasteiger partial charge in [0.1, 0.15) is 0 Å². The van der Waals surface area contributed by atoms with Crippen LogP contribution in [0.25, 0.3) is 10.9 Å². The largest absolute Gasteiger partial charge is 0.270 e. The monoisotopic (exact) mass is 195 g/mol. The Hall–Kier alpha value is -1.22. The van der Waals surface area contributed by atoms with Crippen LogP contribution >= 0.6 is 11.8 Å². The number of rotatable bonds is 1. The zero-order valence-corrected chi connectivity index (χ0v) is 8.28. The van der Waals surface area contributed by atoms with E-state index in [4.69, 9.17) is 11.8 Å². The van der Waals surface area contributed by atoms with Crippen molar-refractivity contribution in [1.82, 2.24) is 9.78 Å². The maximum Gasteiger partial charge on any atom is 0.172 e. The van der Waals surface area contributed by atoms with Gasteiger partial charge in [-0.25, -0.2) is 0 Å². The lowest BCUT2D eigenvalue weighted by molar-refractivity contribution is 0.796. The summed E-state index contributed by atoms with van der Waals surface area (Å²) in [6.45, 7) is 0. The zero-order valence-electron chi connectivity index (χ0n) is 7.53. The molecular formula is C9H10ClN3. The highest BCUT2D eigenvalue weighted by Crippen LogP contribution is 2.25. The molecule has 68 valence electrons. The van der Waals surface area contributed by atoms with E-state index in [0.29, 0.717) is 0 Å². The molecule has 0 bridgehead atoms. The van der Waals surface area contributed by atoms with Crippen LogP contribution in [0.1, 0.15) is 0 Å². The predicted octanol–water partition coefficient (Wildman–Crippen LogP) is 2.16. The van der Waals surface area contributed by atoms with Crippen LogP contribution in [0.4, 0.5) is 5.82 Å². The second-order valence-electron chi connectivity index (χ2n) is 2.94. The van der Waals surface area contributed by atoms with Crippen LogP contribution in [0.2, 0.25) is 0 Å². The molecule has 0 saturated carbocycles. The van der Waals surface area contributed by atoms with Crippen molar-refractivity contribution in [3.8, 4) is 0 Å². The molecule has 0 saturated heterocycles. The summed E-state index contributed by atoms with van der Waals surface area (Å²) in [7, 11) is 3.68. The molecule has 1 aromatic carbocycles. The van der Waals surface area contributed by atoms with E-state index in [1.165, 1.54) is 4.42 Å². The van der Waals surface area contributed by atoms with E-state index >= 15 is 0 Å². The normalized spacial score (nSPS) is 10.7. The number of benzene rings is 1. The molecule has 2 rings (SSSR count). The summed E-state index contributed by atoms with van der Waals surface area (Å²) in [4.78, 5) is 0. The highest BCUT2D eigenvalue weighted by atomic mass is 35.5. The molecule has 0 spiro atoms. The highest BCUT2D eigenvalue weighted by Gasteiger charge is 2.09. The van der Waals surface area contributed by atoms with Gasteiger partial charge in [-0.3, -0.25) is 9.10 Å². The molecule has 1 heterocycles. The summed E-state index contributed by atoms with van der Waals surface area (Å²) < 4.78 is 3.33. The van der Waals surface area contributed by atoms with E-state index < -0.39 is 0 Å². The van der Waals surface area contributed by atoms with Crippen LogP contribution in [-0.2, 0) is 7.05 Å². The standard InChI is InChI=1S/C9H10ClN3/c1-12(10)9-7-5-3-4-6-8(7)13(2)11-9/h3-6H,1-2H3. The second kappa shape index (κ2) is 2.92. The van der Waals surface area contributed by atoms with Gasteiger partial charge in [0.15, 0.2) is 5.82 Å². The van der Waals surface area contributed by atoms with Gasteiger partial charge < -0.3 is 0 Å². The first-order valence-electron chi connectivity index (χ1n) is 4.01. The lowest BCUT2D eigenvalue weighted by Crippen LogP contribution is -2.02. The molecule has 0 aliphatic carbocycles. The maximum atomic E-state index is 5.85. The van der Waals surface area contributed by atoms with Crippen molar-refractivity contribution >= 4 is 28.5 Å². The Kier molecular flexibility index (Phi) is 1.88. The highest BCUT2D eigenvalue weighted by molar-refractivity contribution is 6.26. The van der Waals surface area contributed by atoms with Gasteiger partial charge in [0.2, 0.25) is 0 Å². The van der Waals surface area contributed by atoms with Crippen molar-refractivity contribution in [2.24, 2.45) is 7.05 Å². The van der Waals surface area contributed by atoms with Gasteiger partial charge in [0.05, 0.1) is 5.52 Å². The molecule has 0 amide bonds. The average molecular weight is 196 g/mol. The number of hydrogen-bond acceptors (Lipinski definition) is 2. The Bertz CT molecular complexity index is 433. The molecular weight excluding hydrogens is 186 g/mol. The van der Waals surface area contributed by atoms with Gasteiger partial charge in [0.25, 0.3) is 0 Å². The van der Waals surface area contributed by atoms with E-state index in [9.17, 15) is 0 Å². The number of aromatic nitrogens is 2. The van der Waals surface area contributed by atoms with Gasteiger partial charge in [-0.2, -0.15) is 5.10 Å². The molecule has 3 nitrogen and oxygen atoms in total. The summed E-state index contributed by atoms with van der Waals surface area (Å²) in [6, 6.07) is 8.00. The van der Waals surface area contributed by atoms with E-state index in [1.807, 2.05) is 36.0 Å². The van der Waals surface area contributed by atoms with Crippen molar-refractivity contribution in [3.63, 3.8) is 0 Å². The van der Waals surface area contributed by atoms with Crippen LogP contribution in [0.5, 0.6) is 0 Å². The van der Waals surface area contributed by atoms with Crippen LogP contribution in [0, 0.1) is 0 Å². The third kappa shape index (κ3) is 1.25. The van der Waals surface area contributed by atoms with E-state index in [2.05, 4.69) is 5.10 Å². The molecule has 0 radical (unpaired) electrons. The smallest absolute Gasteiger partial charge is 0.172 e. The summed E-state index contributed by atoms with van der Waals surface area (Å²) in [5.41, 5.74) is 1.09. The van der Waals surface area contributed by atoms with E-state index in [0.717, 1.165) is 16.7 Å². The first-order chi connectivity index (χ1) is 6.20. The summed E-state index contributed by atoms with van der Waals surface area (Å²) in [5.74, 6) is 0.791. The number of nitrogens with zero attached hydrogens (tertiary/aromatic N) is 3. The van der Waals surface area contributed by atoms with Crippen LogP contribution in [-0.4, -0.2) is 16.8 Å². The van der Waals surface area contributed by atoms with Crippen LogP contribution in [0.3, 0.4) is 0 Å². The maximum absolute atomic E-state index is 5.85. The molecule has 0 aliphatic heterocycles.